The van der Waals surface area contributed by atoms with Gasteiger partial charge in [-0.25, -0.2) is 5.43 Å². The largest absolute Gasteiger partial charge is 0.612 e. The Labute approximate surface area is 121 Å². The number of carbonyl (C=O) groups is 1. The third-order valence-corrected chi connectivity index (χ3v) is 4.11. The van der Waals surface area contributed by atoms with Gasteiger partial charge in [0.2, 0.25) is 5.91 Å². The van der Waals surface area contributed by atoms with Gasteiger partial charge in [0.25, 0.3) is 0 Å². The van der Waals surface area contributed by atoms with E-state index in [0.717, 1.165) is 16.9 Å². The fourth-order valence-corrected chi connectivity index (χ4v) is 2.82. The quantitative estimate of drug-likeness (QED) is 0.819. The number of benzene rings is 1. The van der Waals surface area contributed by atoms with Gasteiger partial charge in [0.05, 0.1) is 12.7 Å². The van der Waals surface area contributed by atoms with Crippen LogP contribution in [0.5, 0.6) is 5.75 Å². The van der Waals surface area contributed by atoms with Crippen LogP contribution in [0.1, 0.15) is 18.4 Å². The normalized spacial score (nSPS) is 20.8. The summed E-state index contributed by atoms with van der Waals surface area (Å²) in [6.45, 7) is 0. The van der Waals surface area contributed by atoms with E-state index in [9.17, 15) is 9.35 Å². The summed E-state index contributed by atoms with van der Waals surface area (Å²) in [7, 11) is 1.59. The highest BCUT2D eigenvalue weighted by Crippen LogP contribution is 2.27. The molecule has 0 aliphatic carbocycles. The van der Waals surface area contributed by atoms with Crippen LogP contribution < -0.4 is 15.6 Å². The molecule has 1 fully saturated rings. The molecule has 2 atom stereocenters. The molecule has 108 valence electrons. The van der Waals surface area contributed by atoms with Crippen LogP contribution in [-0.2, 0) is 16.0 Å². The highest BCUT2D eigenvalue weighted by Gasteiger charge is 2.17. The van der Waals surface area contributed by atoms with Gasteiger partial charge in [-0.3, -0.25) is 10.2 Å². The van der Waals surface area contributed by atoms with Crippen LogP contribution in [0.15, 0.2) is 29.2 Å². The Morgan fingerprint density at radius 2 is 2.30 bits per heavy atom. The molecular weight excluding hydrogens is 276 g/mol. The summed E-state index contributed by atoms with van der Waals surface area (Å²) in [6.07, 6.45) is 6.73. The molecule has 2 unspecified atom stereocenters. The average molecular weight is 294 g/mol. The summed E-state index contributed by atoms with van der Waals surface area (Å²) in [6, 6.07) is 5.56. The lowest BCUT2D eigenvalue weighted by molar-refractivity contribution is -0.123. The zero-order valence-electron chi connectivity index (χ0n) is 11.5. The molecule has 2 N–H and O–H groups in total. The number of amides is 1. The Kier molecular flexibility index (Phi) is 5.05. The van der Waals surface area contributed by atoms with Gasteiger partial charge in [-0.05, 0) is 35.8 Å². The van der Waals surface area contributed by atoms with Crippen molar-refractivity contribution < 1.29 is 14.1 Å². The van der Waals surface area contributed by atoms with Gasteiger partial charge in [0.1, 0.15) is 12.0 Å². The SMILES string of the molecule is COc1cccc([S+](C)[O-])c1/C=C/C1CCC(=O)NN1. The zero-order valence-corrected chi connectivity index (χ0v) is 12.3. The molecule has 0 aromatic heterocycles. The molecule has 0 radical (unpaired) electrons. The number of hydrogen-bond acceptors (Lipinski definition) is 4. The molecule has 6 heteroatoms. The highest BCUT2D eigenvalue weighted by atomic mass is 32.2. The Hall–Kier alpha value is -1.50. The molecule has 1 saturated heterocycles. The van der Waals surface area contributed by atoms with E-state index >= 15 is 0 Å². The standard InChI is InChI=1S/C14H18N2O3S/c1-19-12-4-3-5-13(20(2)18)11(12)8-6-10-7-9-14(17)16-15-10/h3-6,8,10,15H,7,9H2,1-2H3,(H,16,17)/b8-6+. The monoisotopic (exact) mass is 294 g/mol. The lowest BCUT2D eigenvalue weighted by Crippen LogP contribution is -2.48. The highest BCUT2D eigenvalue weighted by molar-refractivity contribution is 7.90. The second-order valence-corrected chi connectivity index (χ2v) is 5.87. The van der Waals surface area contributed by atoms with E-state index in [1.54, 1.807) is 13.4 Å². The van der Waals surface area contributed by atoms with E-state index in [-0.39, 0.29) is 11.9 Å². The van der Waals surface area contributed by atoms with Crippen molar-refractivity contribution in [2.45, 2.75) is 23.8 Å². The van der Waals surface area contributed by atoms with E-state index < -0.39 is 11.2 Å². The van der Waals surface area contributed by atoms with Crippen molar-refractivity contribution in [3.63, 3.8) is 0 Å². The summed E-state index contributed by atoms with van der Waals surface area (Å²) in [4.78, 5) is 11.8. The first-order valence-corrected chi connectivity index (χ1v) is 7.90. The van der Waals surface area contributed by atoms with E-state index in [2.05, 4.69) is 10.9 Å². The summed E-state index contributed by atoms with van der Waals surface area (Å²) < 4.78 is 17.1. The van der Waals surface area contributed by atoms with Gasteiger partial charge >= 0.3 is 0 Å². The molecule has 0 saturated carbocycles. The van der Waals surface area contributed by atoms with E-state index in [1.807, 2.05) is 30.4 Å². The van der Waals surface area contributed by atoms with E-state index in [1.165, 1.54) is 0 Å². The summed E-state index contributed by atoms with van der Waals surface area (Å²) in [5, 5.41) is 0. The number of carbonyl (C=O) groups excluding carboxylic acids is 1. The van der Waals surface area contributed by atoms with Crippen LogP contribution in [-0.4, -0.2) is 29.9 Å². The molecule has 1 heterocycles. The van der Waals surface area contributed by atoms with Gasteiger partial charge in [-0.15, -0.1) is 0 Å². The first-order valence-electron chi connectivity index (χ1n) is 6.35. The second kappa shape index (κ2) is 6.78. The smallest absolute Gasteiger partial charge is 0.234 e. The fraction of sp³-hybridized carbons (Fsp3) is 0.357. The van der Waals surface area contributed by atoms with Crippen molar-refractivity contribution in [2.24, 2.45) is 0 Å². The molecule has 2 rings (SSSR count). The predicted octanol–water partition coefficient (Wildman–Crippen LogP) is 1.23. The van der Waals surface area contributed by atoms with Crippen LogP contribution in [0, 0.1) is 0 Å². The third-order valence-electron chi connectivity index (χ3n) is 3.13. The minimum atomic E-state index is -1.09. The summed E-state index contributed by atoms with van der Waals surface area (Å²) >= 11 is -1.09. The molecule has 5 nitrogen and oxygen atoms in total. The Morgan fingerprint density at radius 1 is 1.50 bits per heavy atom. The van der Waals surface area contributed by atoms with Crippen LogP contribution >= 0.6 is 0 Å². The first kappa shape index (κ1) is 14.9. The maximum Gasteiger partial charge on any atom is 0.234 e. The van der Waals surface area contributed by atoms with Gasteiger partial charge in [-0.1, -0.05) is 12.1 Å². The molecule has 1 aromatic rings. The lowest BCUT2D eigenvalue weighted by atomic mass is 10.1. The van der Waals surface area contributed by atoms with Crippen molar-refractivity contribution in [1.82, 2.24) is 10.9 Å². The molecule has 20 heavy (non-hydrogen) atoms. The van der Waals surface area contributed by atoms with Gasteiger partial charge in [-0.2, -0.15) is 0 Å². The molecule has 1 aliphatic rings. The minimum absolute atomic E-state index is 0.00212. The second-order valence-electron chi connectivity index (χ2n) is 4.52. The molecule has 0 bridgehead atoms. The Morgan fingerprint density at radius 3 is 2.90 bits per heavy atom. The lowest BCUT2D eigenvalue weighted by Gasteiger charge is -2.21. The topological polar surface area (TPSA) is 73.4 Å². The summed E-state index contributed by atoms with van der Waals surface area (Å²) in [5.41, 5.74) is 6.34. The molecule has 1 aliphatic heterocycles. The predicted molar refractivity (Wildman–Crippen MR) is 78.7 cm³/mol. The van der Waals surface area contributed by atoms with Crippen molar-refractivity contribution in [2.75, 3.05) is 13.4 Å². The number of methoxy groups -OCH3 is 1. The van der Waals surface area contributed by atoms with Crippen molar-refractivity contribution >= 4 is 23.2 Å². The molecule has 1 amide bonds. The molecule has 1 aromatic carbocycles. The Bertz CT molecular complexity index is 507. The zero-order chi connectivity index (χ0) is 14.5. The maximum atomic E-state index is 11.8. The number of nitrogens with one attached hydrogen (secondary N) is 2. The fourth-order valence-electron chi connectivity index (χ4n) is 2.07. The first-order chi connectivity index (χ1) is 9.61. The van der Waals surface area contributed by atoms with Crippen LogP contribution in [0.3, 0.4) is 0 Å². The number of hydrogen-bond donors (Lipinski definition) is 2. The van der Waals surface area contributed by atoms with Crippen LogP contribution in [0.2, 0.25) is 0 Å². The van der Waals surface area contributed by atoms with E-state index in [0.29, 0.717) is 12.2 Å². The van der Waals surface area contributed by atoms with Gasteiger partial charge < -0.3 is 9.29 Å². The van der Waals surface area contributed by atoms with Gasteiger partial charge in [0, 0.05) is 12.5 Å². The maximum absolute atomic E-state index is 11.8. The van der Waals surface area contributed by atoms with Crippen molar-refractivity contribution in [1.29, 1.82) is 0 Å². The number of ether oxygens (including phenoxy) is 1. The average Bonchev–Trinajstić information content (AvgIpc) is 2.46. The van der Waals surface area contributed by atoms with Crippen molar-refractivity contribution in [3.05, 3.63) is 29.8 Å². The molecular formula is C14H18N2O3S. The third kappa shape index (κ3) is 3.53. The number of hydrazine groups is 1. The Balaban J connectivity index is 2.21. The minimum Gasteiger partial charge on any atom is -0.612 e. The van der Waals surface area contributed by atoms with Crippen molar-refractivity contribution in [3.8, 4) is 5.75 Å². The van der Waals surface area contributed by atoms with E-state index in [4.69, 9.17) is 4.74 Å². The van der Waals surface area contributed by atoms with Crippen LogP contribution in [0.4, 0.5) is 0 Å². The van der Waals surface area contributed by atoms with Gasteiger partial charge in [0.15, 0.2) is 4.90 Å². The molecule has 0 spiro atoms. The number of rotatable bonds is 4. The van der Waals surface area contributed by atoms with Crippen LogP contribution in [0.25, 0.3) is 6.08 Å². The summed E-state index contributed by atoms with van der Waals surface area (Å²) in [5.74, 6) is 0.691.